The first-order valence-electron chi connectivity index (χ1n) is 5.34. The Kier molecular flexibility index (Phi) is 3.78. The Bertz CT molecular complexity index is 323. The van der Waals surface area contributed by atoms with Crippen LogP contribution < -0.4 is 5.73 Å². The number of halogens is 1. The van der Waals surface area contributed by atoms with Crippen molar-refractivity contribution in [2.24, 2.45) is 11.7 Å². The van der Waals surface area contributed by atoms with Gasteiger partial charge in [0.2, 0.25) is 0 Å². The molecule has 1 aromatic rings. The first-order chi connectivity index (χ1) is 7.28. The van der Waals surface area contributed by atoms with Crippen molar-refractivity contribution in [1.82, 2.24) is 0 Å². The van der Waals surface area contributed by atoms with E-state index in [-0.39, 0.29) is 0 Å². The van der Waals surface area contributed by atoms with Gasteiger partial charge in [-0.3, -0.25) is 0 Å². The van der Waals surface area contributed by atoms with Gasteiger partial charge in [0.1, 0.15) is 0 Å². The second-order valence-corrected chi connectivity index (χ2v) is 5.05. The van der Waals surface area contributed by atoms with Crippen molar-refractivity contribution in [2.75, 3.05) is 6.54 Å². The van der Waals surface area contributed by atoms with E-state index < -0.39 is 0 Å². The van der Waals surface area contributed by atoms with Crippen LogP contribution in [0, 0.1) is 5.92 Å². The third-order valence-corrected chi connectivity index (χ3v) is 3.39. The van der Waals surface area contributed by atoms with Crippen LogP contribution in [0.5, 0.6) is 0 Å². The molecule has 0 amide bonds. The average Bonchev–Trinajstić information content (AvgIpc) is 2.16. The van der Waals surface area contributed by atoms with Crippen LogP contribution in [0.2, 0.25) is 0 Å². The van der Waals surface area contributed by atoms with Crippen LogP contribution in [0.15, 0.2) is 28.7 Å². The maximum Gasteiger partial charge on any atom is 0.0721 e. The molecule has 82 valence electrons. The molecule has 15 heavy (non-hydrogen) atoms. The fraction of sp³-hybridized carbons (Fsp3) is 0.500. The van der Waals surface area contributed by atoms with E-state index in [0.29, 0.717) is 18.6 Å². The molecule has 0 saturated heterocycles. The highest BCUT2D eigenvalue weighted by molar-refractivity contribution is 9.10. The van der Waals surface area contributed by atoms with Crippen molar-refractivity contribution in [3.05, 3.63) is 34.3 Å². The Morgan fingerprint density at radius 3 is 2.87 bits per heavy atom. The summed E-state index contributed by atoms with van der Waals surface area (Å²) in [6.07, 6.45) is 2.69. The summed E-state index contributed by atoms with van der Waals surface area (Å²) in [7, 11) is 0. The number of benzene rings is 1. The fourth-order valence-corrected chi connectivity index (χ4v) is 2.29. The fourth-order valence-electron chi connectivity index (χ4n) is 1.84. The molecule has 3 heteroatoms. The highest BCUT2D eigenvalue weighted by Gasteiger charge is 2.28. The lowest BCUT2D eigenvalue weighted by Crippen LogP contribution is -2.35. The Morgan fingerprint density at radius 2 is 2.20 bits per heavy atom. The van der Waals surface area contributed by atoms with E-state index in [2.05, 4.69) is 28.1 Å². The van der Waals surface area contributed by atoms with Crippen LogP contribution in [0.1, 0.15) is 18.4 Å². The summed E-state index contributed by atoms with van der Waals surface area (Å²) in [5, 5.41) is 0. The van der Waals surface area contributed by atoms with Gasteiger partial charge in [-0.25, -0.2) is 0 Å². The largest absolute Gasteiger partial charge is 0.374 e. The Morgan fingerprint density at radius 1 is 1.40 bits per heavy atom. The third-order valence-electron chi connectivity index (χ3n) is 2.90. The molecular formula is C12H16BrNO. The lowest BCUT2D eigenvalue weighted by Gasteiger charge is -2.34. The average molecular weight is 270 g/mol. The monoisotopic (exact) mass is 269 g/mol. The van der Waals surface area contributed by atoms with Crippen LogP contribution in [0.25, 0.3) is 0 Å². The molecule has 0 atom stereocenters. The summed E-state index contributed by atoms with van der Waals surface area (Å²) in [4.78, 5) is 0. The van der Waals surface area contributed by atoms with Gasteiger partial charge in [0.05, 0.1) is 12.7 Å². The molecule has 0 aromatic heterocycles. The van der Waals surface area contributed by atoms with Crippen LogP contribution in [0.4, 0.5) is 0 Å². The van der Waals surface area contributed by atoms with Crippen LogP contribution in [-0.4, -0.2) is 12.6 Å². The van der Waals surface area contributed by atoms with Gasteiger partial charge < -0.3 is 10.5 Å². The third kappa shape index (κ3) is 3.03. The molecule has 1 saturated carbocycles. The second kappa shape index (κ2) is 5.10. The molecule has 0 heterocycles. The Labute approximate surface area is 98.9 Å². The Hall–Kier alpha value is -0.380. The van der Waals surface area contributed by atoms with Crippen molar-refractivity contribution < 1.29 is 4.74 Å². The van der Waals surface area contributed by atoms with Gasteiger partial charge in [0.25, 0.3) is 0 Å². The van der Waals surface area contributed by atoms with E-state index in [1.807, 2.05) is 12.1 Å². The quantitative estimate of drug-likeness (QED) is 0.913. The van der Waals surface area contributed by atoms with E-state index in [1.54, 1.807) is 0 Å². The highest BCUT2D eigenvalue weighted by Crippen LogP contribution is 2.29. The Balaban J connectivity index is 1.75. The van der Waals surface area contributed by atoms with Crippen LogP contribution >= 0.6 is 15.9 Å². The predicted octanol–water partition coefficient (Wildman–Crippen LogP) is 2.70. The van der Waals surface area contributed by atoms with Crippen LogP contribution in [0.3, 0.4) is 0 Å². The predicted molar refractivity (Wildman–Crippen MR) is 64.5 cm³/mol. The minimum Gasteiger partial charge on any atom is -0.374 e. The smallest absolute Gasteiger partial charge is 0.0721 e. The molecular weight excluding hydrogens is 254 g/mol. The summed E-state index contributed by atoms with van der Waals surface area (Å²) in [5.74, 6) is 0.692. The van der Waals surface area contributed by atoms with Crippen molar-refractivity contribution in [3.8, 4) is 0 Å². The zero-order valence-corrected chi connectivity index (χ0v) is 10.2. The summed E-state index contributed by atoms with van der Waals surface area (Å²) < 4.78 is 6.88. The SMILES string of the molecule is NCC1CC(OCc2cccc(Br)c2)C1. The molecule has 1 fully saturated rings. The summed E-state index contributed by atoms with van der Waals surface area (Å²) in [6, 6.07) is 8.24. The number of hydrogen-bond acceptors (Lipinski definition) is 2. The number of hydrogen-bond donors (Lipinski definition) is 1. The van der Waals surface area contributed by atoms with Crippen molar-refractivity contribution in [3.63, 3.8) is 0 Å². The van der Waals surface area contributed by atoms with E-state index in [4.69, 9.17) is 10.5 Å². The maximum absolute atomic E-state index is 5.77. The molecule has 2 N–H and O–H groups in total. The number of rotatable bonds is 4. The first-order valence-corrected chi connectivity index (χ1v) is 6.13. The molecule has 0 unspecified atom stereocenters. The minimum atomic E-state index is 0.428. The summed E-state index contributed by atoms with van der Waals surface area (Å²) >= 11 is 3.45. The van der Waals surface area contributed by atoms with Crippen molar-refractivity contribution >= 4 is 15.9 Å². The molecule has 2 nitrogen and oxygen atoms in total. The molecule has 0 radical (unpaired) electrons. The summed E-state index contributed by atoms with van der Waals surface area (Å²) in [6.45, 7) is 1.51. The van der Waals surface area contributed by atoms with Gasteiger partial charge in [-0.05, 0) is 43.0 Å². The van der Waals surface area contributed by atoms with E-state index in [9.17, 15) is 0 Å². The van der Waals surface area contributed by atoms with Gasteiger partial charge in [-0.15, -0.1) is 0 Å². The zero-order chi connectivity index (χ0) is 10.7. The molecule has 1 aromatic carbocycles. The van der Waals surface area contributed by atoms with E-state index in [1.165, 1.54) is 5.56 Å². The first kappa shape index (κ1) is 11.1. The number of ether oxygens (including phenoxy) is 1. The van der Waals surface area contributed by atoms with Gasteiger partial charge in [-0.2, -0.15) is 0 Å². The molecule has 1 aliphatic rings. The highest BCUT2D eigenvalue weighted by atomic mass is 79.9. The molecule has 1 aliphatic carbocycles. The molecule has 0 aliphatic heterocycles. The van der Waals surface area contributed by atoms with Gasteiger partial charge in [0.15, 0.2) is 0 Å². The lowest BCUT2D eigenvalue weighted by atomic mass is 9.82. The van der Waals surface area contributed by atoms with E-state index in [0.717, 1.165) is 23.9 Å². The molecule has 2 rings (SSSR count). The van der Waals surface area contributed by atoms with E-state index >= 15 is 0 Å². The van der Waals surface area contributed by atoms with Crippen LogP contribution in [-0.2, 0) is 11.3 Å². The maximum atomic E-state index is 5.77. The van der Waals surface area contributed by atoms with Gasteiger partial charge in [0, 0.05) is 4.47 Å². The molecule has 0 spiro atoms. The second-order valence-electron chi connectivity index (χ2n) is 4.14. The number of nitrogens with two attached hydrogens (primary N) is 1. The lowest BCUT2D eigenvalue weighted by molar-refractivity contribution is -0.0376. The van der Waals surface area contributed by atoms with Crippen molar-refractivity contribution in [2.45, 2.75) is 25.6 Å². The standard InChI is InChI=1S/C12H16BrNO/c13-11-3-1-2-9(4-11)8-15-12-5-10(6-12)7-14/h1-4,10,12H,5-8,14H2. The van der Waals surface area contributed by atoms with Gasteiger partial charge >= 0.3 is 0 Å². The normalized spacial score (nSPS) is 24.9. The molecule has 0 bridgehead atoms. The topological polar surface area (TPSA) is 35.2 Å². The zero-order valence-electron chi connectivity index (χ0n) is 8.66. The minimum absolute atomic E-state index is 0.428. The summed E-state index contributed by atoms with van der Waals surface area (Å²) in [5.41, 5.74) is 6.78. The van der Waals surface area contributed by atoms with Crippen molar-refractivity contribution in [1.29, 1.82) is 0 Å². The van der Waals surface area contributed by atoms with Gasteiger partial charge in [-0.1, -0.05) is 28.1 Å².